The largest absolute Gasteiger partial charge is 0.326 e. The Balaban J connectivity index is 1.65. The molecule has 0 saturated heterocycles. The number of hydrogen-bond donors (Lipinski definition) is 1. The molecule has 2 heteroatoms. The van der Waals surface area contributed by atoms with Crippen LogP contribution in [0, 0.1) is 24.7 Å². The Morgan fingerprint density at radius 3 is 2.53 bits per heavy atom. The average molecular weight is 229 g/mol. The summed E-state index contributed by atoms with van der Waals surface area (Å²) in [6.45, 7) is 2.06. The molecule has 1 amide bonds. The number of nitrogens with one attached hydrogen (secondary N) is 1. The molecule has 90 valence electrons. The van der Waals surface area contributed by atoms with Crippen LogP contribution in [0.3, 0.4) is 0 Å². The maximum Gasteiger partial charge on any atom is 0.227 e. The number of hydrogen-bond acceptors (Lipinski definition) is 1. The summed E-state index contributed by atoms with van der Waals surface area (Å²) in [6.07, 6.45) is 5.00. The topological polar surface area (TPSA) is 29.1 Å². The molecule has 1 aromatic rings. The average Bonchev–Trinajstić information content (AvgIpc) is 2.94. The Labute approximate surface area is 102 Å². The van der Waals surface area contributed by atoms with E-state index in [4.69, 9.17) is 0 Å². The smallest absolute Gasteiger partial charge is 0.227 e. The Morgan fingerprint density at radius 2 is 1.94 bits per heavy atom. The first kappa shape index (κ1) is 10.8. The van der Waals surface area contributed by atoms with Crippen LogP contribution in [0.25, 0.3) is 0 Å². The molecule has 2 bridgehead atoms. The first-order valence-electron chi connectivity index (χ1n) is 6.60. The van der Waals surface area contributed by atoms with Gasteiger partial charge < -0.3 is 5.32 Å². The lowest BCUT2D eigenvalue weighted by Crippen LogP contribution is -2.27. The summed E-state index contributed by atoms with van der Waals surface area (Å²) in [5, 5.41) is 3.06. The third kappa shape index (κ3) is 2.08. The van der Waals surface area contributed by atoms with Crippen LogP contribution in [-0.2, 0) is 4.79 Å². The van der Waals surface area contributed by atoms with E-state index in [1.165, 1.54) is 24.8 Å². The number of carbonyl (C=O) groups excluding carboxylic acids is 1. The van der Waals surface area contributed by atoms with E-state index >= 15 is 0 Å². The molecule has 0 aromatic heterocycles. The van der Waals surface area contributed by atoms with E-state index in [0.29, 0.717) is 5.92 Å². The van der Waals surface area contributed by atoms with Gasteiger partial charge in [0.15, 0.2) is 0 Å². The fourth-order valence-electron chi connectivity index (χ4n) is 3.44. The molecular formula is C15H19NO. The Kier molecular flexibility index (Phi) is 2.65. The van der Waals surface area contributed by atoms with Crippen LogP contribution in [0.1, 0.15) is 31.2 Å². The zero-order valence-electron chi connectivity index (χ0n) is 10.3. The van der Waals surface area contributed by atoms with Gasteiger partial charge in [-0.1, -0.05) is 24.1 Å². The Morgan fingerprint density at radius 1 is 1.18 bits per heavy atom. The van der Waals surface area contributed by atoms with Gasteiger partial charge in [0.2, 0.25) is 5.91 Å². The highest BCUT2D eigenvalue weighted by molar-refractivity contribution is 5.93. The first-order chi connectivity index (χ1) is 8.22. The molecule has 2 aliphatic rings. The summed E-state index contributed by atoms with van der Waals surface area (Å²) < 4.78 is 0. The van der Waals surface area contributed by atoms with Gasteiger partial charge in [-0.25, -0.2) is 0 Å². The number of benzene rings is 1. The maximum absolute atomic E-state index is 12.2. The zero-order valence-corrected chi connectivity index (χ0v) is 10.3. The molecule has 0 heterocycles. The van der Waals surface area contributed by atoms with Gasteiger partial charge in [0.25, 0.3) is 0 Å². The van der Waals surface area contributed by atoms with Crippen LogP contribution in [-0.4, -0.2) is 5.91 Å². The van der Waals surface area contributed by atoms with Crippen molar-refractivity contribution in [2.75, 3.05) is 5.32 Å². The van der Waals surface area contributed by atoms with Gasteiger partial charge in [-0.15, -0.1) is 0 Å². The second-order valence-corrected chi connectivity index (χ2v) is 5.64. The molecule has 2 aliphatic carbocycles. The summed E-state index contributed by atoms with van der Waals surface area (Å²) in [5.41, 5.74) is 2.16. The molecule has 1 aromatic carbocycles. The lowest BCUT2D eigenvalue weighted by atomic mass is 9.88. The van der Waals surface area contributed by atoms with E-state index in [0.717, 1.165) is 18.0 Å². The number of aryl methyl sites for hydroxylation is 1. The monoisotopic (exact) mass is 229 g/mol. The van der Waals surface area contributed by atoms with Crippen molar-refractivity contribution in [1.29, 1.82) is 0 Å². The Hall–Kier alpha value is -1.31. The van der Waals surface area contributed by atoms with Gasteiger partial charge in [0.05, 0.1) is 0 Å². The molecular weight excluding hydrogens is 210 g/mol. The van der Waals surface area contributed by atoms with E-state index in [1.54, 1.807) is 0 Å². The van der Waals surface area contributed by atoms with Crippen molar-refractivity contribution in [1.82, 2.24) is 0 Å². The second-order valence-electron chi connectivity index (χ2n) is 5.64. The SMILES string of the molecule is Cc1ccc(NC(=O)[C@@H]2CC3CC[C@@H]2C3)cc1. The van der Waals surface area contributed by atoms with Gasteiger partial charge in [-0.2, -0.15) is 0 Å². The first-order valence-corrected chi connectivity index (χ1v) is 6.60. The van der Waals surface area contributed by atoms with Crippen LogP contribution < -0.4 is 5.32 Å². The van der Waals surface area contributed by atoms with Gasteiger partial charge in [0.1, 0.15) is 0 Å². The van der Waals surface area contributed by atoms with Crippen molar-refractivity contribution < 1.29 is 4.79 Å². The summed E-state index contributed by atoms with van der Waals surface area (Å²) in [5.74, 6) is 2.00. The molecule has 1 N–H and O–H groups in total. The third-order valence-electron chi connectivity index (χ3n) is 4.39. The molecule has 0 radical (unpaired) electrons. The molecule has 0 spiro atoms. The molecule has 3 atom stereocenters. The molecule has 2 fully saturated rings. The number of anilines is 1. The second kappa shape index (κ2) is 4.17. The minimum Gasteiger partial charge on any atom is -0.326 e. The van der Waals surface area contributed by atoms with Gasteiger partial charge in [0, 0.05) is 11.6 Å². The zero-order chi connectivity index (χ0) is 11.8. The summed E-state index contributed by atoms with van der Waals surface area (Å²) in [7, 11) is 0. The number of amides is 1. The molecule has 17 heavy (non-hydrogen) atoms. The van der Waals surface area contributed by atoms with Crippen LogP contribution in [0.4, 0.5) is 5.69 Å². The van der Waals surface area contributed by atoms with Crippen molar-refractivity contribution in [2.24, 2.45) is 17.8 Å². The highest BCUT2D eigenvalue weighted by atomic mass is 16.1. The van der Waals surface area contributed by atoms with Crippen molar-refractivity contribution >= 4 is 11.6 Å². The standard InChI is InChI=1S/C15H19NO/c1-10-2-6-13(7-3-10)16-15(17)14-9-11-4-5-12(14)8-11/h2-3,6-7,11-12,14H,4-5,8-9H2,1H3,(H,16,17)/t11?,12-,14-/m1/s1. The highest BCUT2D eigenvalue weighted by Gasteiger charge is 2.42. The molecule has 2 saturated carbocycles. The summed E-state index contributed by atoms with van der Waals surface area (Å²) >= 11 is 0. The van der Waals surface area contributed by atoms with Gasteiger partial charge >= 0.3 is 0 Å². The predicted molar refractivity (Wildman–Crippen MR) is 68.7 cm³/mol. The van der Waals surface area contributed by atoms with Gasteiger partial charge in [-0.05, 0) is 50.2 Å². The lowest BCUT2D eigenvalue weighted by Gasteiger charge is -2.20. The highest BCUT2D eigenvalue weighted by Crippen LogP contribution is 2.48. The minimum absolute atomic E-state index is 0.237. The lowest BCUT2D eigenvalue weighted by molar-refractivity contribution is -0.121. The van der Waals surface area contributed by atoms with E-state index in [9.17, 15) is 4.79 Å². The van der Waals surface area contributed by atoms with Crippen molar-refractivity contribution in [3.8, 4) is 0 Å². The quantitative estimate of drug-likeness (QED) is 0.827. The van der Waals surface area contributed by atoms with Crippen LogP contribution in [0.2, 0.25) is 0 Å². The number of fused-ring (bicyclic) bond motifs is 2. The maximum atomic E-state index is 12.2. The minimum atomic E-state index is 0.237. The Bertz CT molecular complexity index is 423. The van der Waals surface area contributed by atoms with E-state index in [1.807, 2.05) is 24.3 Å². The van der Waals surface area contributed by atoms with Gasteiger partial charge in [-0.3, -0.25) is 4.79 Å². The summed E-state index contributed by atoms with van der Waals surface area (Å²) in [6, 6.07) is 8.05. The van der Waals surface area contributed by atoms with Crippen LogP contribution >= 0.6 is 0 Å². The van der Waals surface area contributed by atoms with Crippen molar-refractivity contribution in [3.63, 3.8) is 0 Å². The fourth-order valence-corrected chi connectivity index (χ4v) is 3.44. The number of carbonyl (C=O) groups is 1. The van der Waals surface area contributed by atoms with Crippen LogP contribution in [0.15, 0.2) is 24.3 Å². The molecule has 0 aliphatic heterocycles. The number of rotatable bonds is 2. The molecule has 1 unspecified atom stereocenters. The van der Waals surface area contributed by atoms with Crippen LogP contribution in [0.5, 0.6) is 0 Å². The van der Waals surface area contributed by atoms with E-state index in [-0.39, 0.29) is 11.8 Å². The molecule has 2 nitrogen and oxygen atoms in total. The summed E-state index contributed by atoms with van der Waals surface area (Å²) in [4.78, 5) is 12.2. The fraction of sp³-hybridized carbons (Fsp3) is 0.533. The normalized spacial score (nSPS) is 30.5. The van der Waals surface area contributed by atoms with E-state index < -0.39 is 0 Å². The van der Waals surface area contributed by atoms with Crippen molar-refractivity contribution in [2.45, 2.75) is 32.6 Å². The molecule has 3 rings (SSSR count). The van der Waals surface area contributed by atoms with Crippen molar-refractivity contribution in [3.05, 3.63) is 29.8 Å². The third-order valence-corrected chi connectivity index (χ3v) is 4.39. The van der Waals surface area contributed by atoms with E-state index in [2.05, 4.69) is 12.2 Å². The predicted octanol–water partition coefficient (Wildman–Crippen LogP) is 3.37.